The number of methoxy groups -OCH3 is 4. The van der Waals surface area contributed by atoms with Gasteiger partial charge >= 0.3 is 7.60 Å². The minimum Gasteiger partial charge on any atom is -0.495 e. The van der Waals surface area contributed by atoms with Gasteiger partial charge in [0.1, 0.15) is 11.9 Å². The van der Waals surface area contributed by atoms with Gasteiger partial charge in [-0.3, -0.25) is 4.57 Å². The van der Waals surface area contributed by atoms with Gasteiger partial charge in [0.2, 0.25) is 5.75 Å². The first-order valence-corrected chi connectivity index (χ1v) is 10.3. The fraction of sp³-hybridized carbons (Fsp3) is 0.238. The zero-order valence-corrected chi connectivity index (χ0v) is 17.5. The van der Waals surface area contributed by atoms with Crippen LogP contribution in [0.4, 0.5) is 0 Å². The summed E-state index contributed by atoms with van der Waals surface area (Å²) in [6, 6.07) is 9.02. The summed E-state index contributed by atoms with van der Waals surface area (Å²) < 4.78 is 32.3. The van der Waals surface area contributed by atoms with Crippen molar-refractivity contribution in [3.63, 3.8) is 0 Å². The molecule has 2 aromatic carbocycles. The van der Waals surface area contributed by atoms with Crippen LogP contribution < -0.4 is 18.9 Å². The number of benzene rings is 2. The van der Waals surface area contributed by atoms with E-state index in [9.17, 15) is 4.57 Å². The van der Waals surface area contributed by atoms with Crippen molar-refractivity contribution in [2.45, 2.75) is 0 Å². The van der Waals surface area contributed by atoms with Gasteiger partial charge in [-0.25, -0.2) is 0 Å². The van der Waals surface area contributed by atoms with E-state index in [4.69, 9.17) is 28.7 Å². The zero-order valence-electron chi connectivity index (χ0n) is 16.6. The van der Waals surface area contributed by atoms with Crippen molar-refractivity contribution in [1.29, 1.82) is 0 Å². The van der Waals surface area contributed by atoms with E-state index in [0.717, 1.165) is 11.1 Å². The summed E-state index contributed by atoms with van der Waals surface area (Å²) in [4.78, 5) is 17.9. The molecule has 29 heavy (non-hydrogen) atoms. The maximum Gasteiger partial charge on any atom is 0.337 e. The highest BCUT2D eigenvalue weighted by atomic mass is 31.2. The third-order valence-corrected chi connectivity index (χ3v) is 4.46. The minimum absolute atomic E-state index is 0.512. The molecule has 0 aliphatic rings. The Hall–Kier alpha value is -2.91. The van der Waals surface area contributed by atoms with E-state index in [2.05, 4.69) is 11.8 Å². The van der Waals surface area contributed by atoms with E-state index in [0.29, 0.717) is 28.6 Å². The van der Waals surface area contributed by atoms with Crippen molar-refractivity contribution >= 4 is 19.7 Å². The molecule has 0 heterocycles. The first-order valence-electron chi connectivity index (χ1n) is 8.51. The Labute approximate surface area is 170 Å². The standard InChI is InChI=1S/C21H23O7P/c1-25-18-10-9-15(12-17(18)6-5-11-29(22,23)24)7-8-16-13-19(26-2)21(28-4)20(14-16)27-3/h7-10,12-14H,11H2,1-4H3,(H2,22,23,24)/b8-7-. The molecule has 0 aliphatic heterocycles. The molecule has 0 spiro atoms. The monoisotopic (exact) mass is 418 g/mol. The van der Waals surface area contributed by atoms with Gasteiger partial charge in [0.15, 0.2) is 11.5 Å². The topological polar surface area (TPSA) is 94.5 Å². The number of rotatable bonds is 7. The average Bonchev–Trinajstić information content (AvgIpc) is 2.70. The molecular formula is C21H23O7P. The van der Waals surface area contributed by atoms with Crippen LogP contribution in [-0.4, -0.2) is 44.4 Å². The Morgan fingerprint density at radius 2 is 1.45 bits per heavy atom. The third kappa shape index (κ3) is 6.30. The molecule has 7 nitrogen and oxygen atoms in total. The lowest BCUT2D eigenvalue weighted by Crippen LogP contribution is -1.95. The fourth-order valence-electron chi connectivity index (χ4n) is 2.55. The predicted octanol–water partition coefficient (Wildman–Crippen LogP) is 3.42. The van der Waals surface area contributed by atoms with Crippen molar-refractivity contribution in [3.05, 3.63) is 47.0 Å². The van der Waals surface area contributed by atoms with E-state index >= 15 is 0 Å². The molecule has 0 unspecified atom stereocenters. The summed E-state index contributed by atoms with van der Waals surface area (Å²) in [6.45, 7) is 0. The van der Waals surface area contributed by atoms with Gasteiger partial charge < -0.3 is 28.7 Å². The van der Waals surface area contributed by atoms with Crippen LogP contribution in [0.3, 0.4) is 0 Å². The van der Waals surface area contributed by atoms with Gasteiger partial charge in [-0.2, -0.15) is 0 Å². The molecule has 0 bridgehead atoms. The van der Waals surface area contributed by atoms with Crippen molar-refractivity contribution in [3.8, 4) is 34.8 Å². The van der Waals surface area contributed by atoms with E-state index < -0.39 is 13.8 Å². The SMILES string of the molecule is COc1ccc(/C=C\c2cc(OC)c(OC)c(OC)c2)cc1C#CCP(=O)(O)O. The lowest BCUT2D eigenvalue weighted by Gasteiger charge is -2.12. The molecule has 2 aromatic rings. The van der Waals surface area contributed by atoms with Crippen molar-refractivity contribution in [2.75, 3.05) is 34.6 Å². The van der Waals surface area contributed by atoms with Gasteiger partial charge in [0.05, 0.1) is 34.0 Å². The van der Waals surface area contributed by atoms with Crippen LogP contribution in [0.5, 0.6) is 23.0 Å². The molecule has 0 atom stereocenters. The Bertz CT molecular complexity index is 971. The van der Waals surface area contributed by atoms with Crippen LogP contribution in [0, 0.1) is 11.8 Å². The molecule has 8 heteroatoms. The highest BCUT2D eigenvalue weighted by Gasteiger charge is 2.12. The molecule has 154 valence electrons. The second kappa shape index (κ2) is 10.0. The minimum atomic E-state index is -4.18. The van der Waals surface area contributed by atoms with Gasteiger partial charge in [-0.15, -0.1) is 0 Å². The summed E-state index contributed by atoms with van der Waals surface area (Å²) >= 11 is 0. The first-order chi connectivity index (χ1) is 13.8. The smallest absolute Gasteiger partial charge is 0.337 e. The Morgan fingerprint density at radius 1 is 0.862 bits per heavy atom. The van der Waals surface area contributed by atoms with Crippen LogP contribution in [-0.2, 0) is 4.57 Å². The Kier molecular flexibility index (Phi) is 7.74. The first kappa shape index (κ1) is 22.4. The molecule has 2 rings (SSSR count). The van der Waals surface area contributed by atoms with E-state index in [1.165, 1.54) is 7.11 Å². The summed E-state index contributed by atoms with van der Waals surface area (Å²) in [7, 11) is 1.98. The van der Waals surface area contributed by atoms with Crippen molar-refractivity contribution in [1.82, 2.24) is 0 Å². The second-order valence-electron chi connectivity index (χ2n) is 5.88. The molecule has 0 amide bonds. The number of hydrogen-bond donors (Lipinski definition) is 2. The summed E-state index contributed by atoms with van der Waals surface area (Å²) in [5.41, 5.74) is 2.21. The molecule has 0 saturated carbocycles. The Morgan fingerprint density at radius 3 is 1.97 bits per heavy atom. The van der Waals surface area contributed by atoms with E-state index in [1.807, 2.05) is 30.4 Å². The quantitative estimate of drug-likeness (QED) is 0.404. The summed E-state index contributed by atoms with van der Waals surface area (Å²) in [5.74, 6) is 7.38. The highest BCUT2D eigenvalue weighted by molar-refractivity contribution is 7.52. The van der Waals surface area contributed by atoms with Crippen LogP contribution in [0.25, 0.3) is 12.2 Å². The van der Waals surface area contributed by atoms with Crippen LogP contribution in [0.1, 0.15) is 16.7 Å². The Balaban J connectivity index is 2.35. The largest absolute Gasteiger partial charge is 0.495 e. The van der Waals surface area contributed by atoms with Gasteiger partial charge in [0, 0.05) is 0 Å². The molecule has 0 aromatic heterocycles. The van der Waals surface area contributed by atoms with Crippen molar-refractivity contribution in [2.24, 2.45) is 0 Å². The van der Waals surface area contributed by atoms with Crippen LogP contribution >= 0.6 is 7.60 Å². The van der Waals surface area contributed by atoms with Crippen LogP contribution in [0.2, 0.25) is 0 Å². The summed E-state index contributed by atoms with van der Waals surface area (Å²) in [6.07, 6.45) is 3.23. The molecule has 2 N–H and O–H groups in total. The second-order valence-corrected chi connectivity index (χ2v) is 7.52. The lowest BCUT2D eigenvalue weighted by atomic mass is 10.1. The molecular weight excluding hydrogens is 395 g/mol. The van der Waals surface area contributed by atoms with Gasteiger partial charge in [-0.05, 0) is 35.4 Å². The molecule has 0 aliphatic carbocycles. The maximum absolute atomic E-state index is 11.0. The maximum atomic E-state index is 11.0. The molecule has 0 radical (unpaired) electrons. The lowest BCUT2D eigenvalue weighted by molar-refractivity contribution is 0.324. The van der Waals surface area contributed by atoms with E-state index in [1.54, 1.807) is 33.5 Å². The number of hydrogen-bond acceptors (Lipinski definition) is 5. The van der Waals surface area contributed by atoms with Crippen LogP contribution in [0.15, 0.2) is 30.3 Å². The average molecular weight is 418 g/mol. The fourth-order valence-corrected chi connectivity index (χ4v) is 2.84. The normalized spacial score (nSPS) is 11.0. The molecule has 0 fully saturated rings. The number of ether oxygens (including phenoxy) is 4. The van der Waals surface area contributed by atoms with Crippen molar-refractivity contribution < 1.29 is 33.3 Å². The summed E-state index contributed by atoms with van der Waals surface area (Å²) in [5, 5.41) is 0. The highest BCUT2D eigenvalue weighted by Crippen LogP contribution is 2.38. The van der Waals surface area contributed by atoms with Gasteiger partial charge in [-0.1, -0.05) is 30.1 Å². The predicted molar refractivity (Wildman–Crippen MR) is 112 cm³/mol. The van der Waals surface area contributed by atoms with E-state index in [-0.39, 0.29) is 0 Å². The van der Waals surface area contributed by atoms with Gasteiger partial charge in [0.25, 0.3) is 0 Å². The molecule has 0 saturated heterocycles. The zero-order chi connectivity index (χ0) is 21.4. The third-order valence-electron chi connectivity index (χ3n) is 3.89.